The maximum Gasteiger partial charge on any atom is 0.307 e. The van der Waals surface area contributed by atoms with Gasteiger partial charge >= 0.3 is 5.97 Å². The molecule has 0 spiro atoms. The van der Waals surface area contributed by atoms with Crippen LogP contribution in [0, 0.1) is 11.8 Å². The molecule has 2 heterocycles. The summed E-state index contributed by atoms with van der Waals surface area (Å²) in [6.07, 6.45) is 2.30. The summed E-state index contributed by atoms with van der Waals surface area (Å²) in [5.74, 6) is -2.13. The first-order chi connectivity index (χ1) is 12.4. The molecule has 7 nitrogen and oxygen atoms in total. The predicted molar refractivity (Wildman–Crippen MR) is 94.4 cm³/mol. The molecule has 3 rings (SSSR count). The van der Waals surface area contributed by atoms with Gasteiger partial charge in [0.1, 0.15) is 6.10 Å². The van der Waals surface area contributed by atoms with Crippen LogP contribution >= 0.6 is 0 Å². The quantitative estimate of drug-likeness (QED) is 0.763. The molecule has 1 N–H and O–H groups in total. The molecule has 0 saturated carbocycles. The average Bonchev–Trinajstić information content (AvgIpc) is 3.17. The number of carbonyl (C=O) groups is 3. The number of hydrogen-bond donors (Lipinski definition) is 1. The Morgan fingerprint density at radius 3 is 1.96 bits per heavy atom. The number of nitrogens with zero attached hydrogens (tertiary/aromatic N) is 2. The van der Waals surface area contributed by atoms with Crippen LogP contribution in [-0.2, 0) is 19.1 Å². The Kier molecular flexibility index (Phi) is 5.65. The zero-order valence-corrected chi connectivity index (χ0v) is 15.6. The minimum absolute atomic E-state index is 0.0186. The van der Waals surface area contributed by atoms with E-state index in [0.29, 0.717) is 45.6 Å². The molecule has 0 bridgehead atoms. The van der Waals surface area contributed by atoms with Crippen molar-refractivity contribution in [1.29, 1.82) is 0 Å². The highest BCUT2D eigenvalue weighted by Gasteiger charge is 2.40. The van der Waals surface area contributed by atoms with Gasteiger partial charge in [0.25, 0.3) is 5.91 Å². The van der Waals surface area contributed by atoms with Crippen LogP contribution in [0.1, 0.15) is 39.5 Å². The molecule has 2 aliphatic heterocycles. The number of carboxylic acid groups (broad SMARTS) is 1. The summed E-state index contributed by atoms with van der Waals surface area (Å²) in [4.78, 5) is 40.5. The van der Waals surface area contributed by atoms with E-state index in [4.69, 9.17) is 4.74 Å². The Morgan fingerprint density at radius 1 is 0.923 bits per heavy atom. The van der Waals surface area contributed by atoms with Crippen LogP contribution in [0.4, 0.5) is 0 Å². The van der Waals surface area contributed by atoms with Crippen LogP contribution in [0.5, 0.6) is 0 Å². The van der Waals surface area contributed by atoms with Crippen molar-refractivity contribution < 1.29 is 24.2 Å². The summed E-state index contributed by atoms with van der Waals surface area (Å²) >= 11 is 0. The van der Waals surface area contributed by atoms with Crippen LogP contribution in [0.15, 0.2) is 11.1 Å². The van der Waals surface area contributed by atoms with E-state index in [1.165, 1.54) is 0 Å². The lowest BCUT2D eigenvalue weighted by Crippen LogP contribution is -2.55. The Bertz CT molecular complexity index is 615. The van der Waals surface area contributed by atoms with Gasteiger partial charge in [0, 0.05) is 32.8 Å². The van der Waals surface area contributed by atoms with Crippen molar-refractivity contribution >= 4 is 17.8 Å². The van der Waals surface area contributed by atoms with Gasteiger partial charge in [0.05, 0.1) is 11.8 Å². The van der Waals surface area contributed by atoms with Crippen LogP contribution in [-0.4, -0.2) is 71.6 Å². The molecule has 144 valence electrons. The van der Waals surface area contributed by atoms with Gasteiger partial charge in [0.15, 0.2) is 0 Å². The van der Waals surface area contributed by atoms with Gasteiger partial charge in [0.2, 0.25) is 5.91 Å². The van der Waals surface area contributed by atoms with Gasteiger partial charge in [-0.05, 0) is 39.5 Å². The van der Waals surface area contributed by atoms with E-state index in [0.717, 1.165) is 24.0 Å². The summed E-state index contributed by atoms with van der Waals surface area (Å²) in [6.45, 7) is 6.46. The van der Waals surface area contributed by atoms with E-state index >= 15 is 0 Å². The number of piperazine rings is 1. The highest BCUT2D eigenvalue weighted by atomic mass is 16.5. The molecule has 1 aliphatic carbocycles. The first-order valence-corrected chi connectivity index (χ1v) is 9.45. The second kappa shape index (κ2) is 7.78. The lowest BCUT2D eigenvalue weighted by molar-refractivity contribution is -0.153. The van der Waals surface area contributed by atoms with Crippen LogP contribution in [0.2, 0.25) is 0 Å². The lowest BCUT2D eigenvalue weighted by Gasteiger charge is -2.39. The van der Waals surface area contributed by atoms with Gasteiger partial charge in [-0.15, -0.1) is 0 Å². The van der Waals surface area contributed by atoms with Gasteiger partial charge in [-0.1, -0.05) is 11.1 Å². The minimum Gasteiger partial charge on any atom is -0.481 e. The molecule has 0 unspecified atom stereocenters. The molecule has 0 aromatic carbocycles. The number of carbonyl (C=O) groups excluding carboxylic acids is 2. The molecular weight excluding hydrogens is 336 g/mol. The zero-order valence-electron chi connectivity index (χ0n) is 15.6. The van der Waals surface area contributed by atoms with E-state index in [9.17, 15) is 19.5 Å². The molecule has 3 aliphatic rings. The van der Waals surface area contributed by atoms with Crippen molar-refractivity contribution in [2.24, 2.45) is 11.8 Å². The first kappa shape index (κ1) is 18.9. The molecule has 3 atom stereocenters. The molecule has 2 amide bonds. The summed E-state index contributed by atoms with van der Waals surface area (Å²) in [6, 6.07) is 0. The van der Waals surface area contributed by atoms with E-state index in [2.05, 4.69) is 0 Å². The molecule has 7 heteroatoms. The van der Waals surface area contributed by atoms with Crippen molar-refractivity contribution in [2.75, 3.05) is 32.8 Å². The minimum atomic E-state index is -0.901. The molecule has 0 radical (unpaired) electrons. The number of ether oxygens (including phenoxy) is 1. The Morgan fingerprint density at radius 2 is 1.46 bits per heavy atom. The van der Waals surface area contributed by atoms with Crippen molar-refractivity contribution in [3.63, 3.8) is 0 Å². The molecule has 0 aromatic rings. The molecule has 26 heavy (non-hydrogen) atoms. The number of carboxylic acids is 1. The van der Waals surface area contributed by atoms with E-state index < -0.39 is 17.8 Å². The monoisotopic (exact) mass is 364 g/mol. The predicted octanol–water partition coefficient (Wildman–Crippen LogP) is 1.28. The van der Waals surface area contributed by atoms with Crippen LogP contribution in [0.3, 0.4) is 0 Å². The molecule has 2 fully saturated rings. The smallest absolute Gasteiger partial charge is 0.307 e. The van der Waals surface area contributed by atoms with E-state index in [1.807, 2.05) is 13.8 Å². The van der Waals surface area contributed by atoms with E-state index in [-0.39, 0.29) is 17.9 Å². The van der Waals surface area contributed by atoms with Crippen molar-refractivity contribution in [1.82, 2.24) is 9.80 Å². The summed E-state index contributed by atoms with van der Waals surface area (Å²) in [5.41, 5.74) is 2.20. The fraction of sp³-hybridized carbons (Fsp3) is 0.737. The highest BCUT2D eigenvalue weighted by Crippen LogP contribution is 2.35. The number of allylic oxidation sites excluding steroid dienone is 2. The van der Waals surface area contributed by atoms with Crippen molar-refractivity contribution in [2.45, 2.75) is 45.6 Å². The number of rotatable bonds is 3. The number of amides is 2. The second-order valence-electron chi connectivity index (χ2n) is 7.67. The maximum absolute atomic E-state index is 13.0. The maximum atomic E-state index is 13.0. The van der Waals surface area contributed by atoms with Crippen molar-refractivity contribution in [3.8, 4) is 0 Å². The standard InChI is InChI=1S/C19H28N2O5/c1-12-10-14(15(19(24)25)11-13(12)2)17(22)20-5-7-21(8-6-20)18(23)16-4-3-9-26-16/h14-16H,3-11H2,1-2H3,(H,24,25)/t14-,15-,16+/m1/s1. The van der Waals surface area contributed by atoms with E-state index in [1.54, 1.807) is 9.80 Å². The third-order valence-electron chi connectivity index (χ3n) is 6.01. The molecular formula is C19H28N2O5. The topological polar surface area (TPSA) is 87.2 Å². The van der Waals surface area contributed by atoms with Gasteiger partial charge < -0.3 is 19.6 Å². The fourth-order valence-electron chi connectivity index (χ4n) is 4.17. The zero-order chi connectivity index (χ0) is 18.8. The average molecular weight is 364 g/mol. The third kappa shape index (κ3) is 3.77. The van der Waals surface area contributed by atoms with Gasteiger partial charge in [-0.25, -0.2) is 0 Å². The third-order valence-corrected chi connectivity index (χ3v) is 6.01. The van der Waals surface area contributed by atoms with Crippen LogP contribution < -0.4 is 0 Å². The summed E-state index contributed by atoms with van der Waals surface area (Å²) in [5, 5.41) is 9.54. The number of aliphatic carboxylic acids is 1. The van der Waals surface area contributed by atoms with Crippen LogP contribution in [0.25, 0.3) is 0 Å². The summed E-state index contributed by atoms with van der Waals surface area (Å²) < 4.78 is 5.46. The largest absolute Gasteiger partial charge is 0.481 e. The SMILES string of the molecule is CC1=C(C)C[C@@H](C(=O)N2CCN(C(=O)[C@@H]3CCCO3)CC2)[C@H](C(=O)O)C1. The molecule has 2 saturated heterocycles. The normalized spacial score (nSPS) is 29.8. The van der Waals surface area contributed by atoms with Gasteiger partial charge in [-0.2, -0.15) is 0 Å². The molecule has 0 aromatic heterocycles. The Hall–Kier alpha value is -1.89. The summed E-state index contributed by atoms with van der Waals surface area (Å²) in [7, 11) is 0. The van der Waals surface area contributed by atoms with Gasteiger partial charge in [-0.3, -0.25) is 14.4 Å². The Balaban J connectivity index is 1.60. The van der Waals surface area contributed by atoms with Crippen molar-refractivity contribution in [3.05, 3.63) is 11.1 Å². The fourth-order valence-corrected chi connectivity index (χ4v) is 4.17. The Labute approximate surface area is 154 Å². The second-order valence-corrected chi connectivity index (χ2v) is 7.67. The highest BCUT2D eigenvalue weighted by molar-refractivity contribution is 5.86. The first-order valence-electron chi connectivity index (χ1n) is 9.45. The lowest BCUT2D eigenvalue weighted by atomic mass is 9.76. The number of hydrogen-bond acceptors (Lipinski definition) is 4.